The third-order valence-corrected chi connectivity index (χ3v) is 8.83. The molecule has 214 valence electrons. The number of furan rings is 1. The van der Waals surface area contributed by atoms with Gasteiger partial charge >= 0.3 is 0 Å². The molecule has 2 aromatic heterocycles. The Morgan fingerprint density at radius 1 is 1.07 bits per heavy atom. The molecule has 0 bridgehead atoms. The van der Waals surface area contributed by atoms with Gasteiger partial charge in [0.25, 0.3) is 0 Å². The molecule has 4 aromatic rings. The summed E-state index contributed by atoms with van der Waals surface area (Å²) in [4.78, 5) is 8.36. The minimum atomic E-state index is -0.780. The molecule has 2 aliphatic rings. The number of aliphatic hydroxyl groups excluding tert-OH is 2. The van der Waals surface area contributed by atoms with Gasteiger partial charge in [0.15, 0.2) is 0 Å². The van der Waals surface area contributed by atoms with E-state index in [2.05, 4.69) is 27.0 Å². The fraction of sp³-hybridized carbons (Fsp3) is 0.484. The summed E-state index contributed by atoms with van der Waals surface area (Å²) in [5, 5.41) is 27.0. The average molecular weight is 567 g/mol. The molecule has 3 atom stereocenters. The van der Waals surface area contributed by atoms with Crippen molar-refractivity contribution >= 4 is 33.5 Å². The maximum atomic E-state index is 11.0. The molecule has 0 spiro atoms. The lowest BCUT2D eigenvalue weighted by atomic mass is 9.97. The van der Waals surface area contributed by atoms with Gasteiger partial charge in [-0.25, -0.2) is 0 Å². The Balaban J connectivity index is 1.02. The Morgan fingerprint density at radius 3 is 2.70 bits per heavy atom. The number of likely N-dealkylation sites (tertiary alicyclic amines) is 2. The number of aromatic amines is 1. The zero-order valence-corrected chi connectivity index (χ0v) is 23.7. The van der Waals surface area contributed by atoms with Crippen molar-refractivity contribution < 1.29 is 19.4 Å². The van der Waals surface area contributed by atoms with Crippen LogP contribution in [0.15, 0.2) is 53.1 Å². The monoisotopic (exact) mass is 566 g/mol. The molecule has 6 rings (SSSR count). The van der Waals surface area contributed by atoms with Crippen molar-refractivity contribution in [1.29, 1.82) is 0 Å². The Hall–Kier alpha value is -2.59. The number of halogens is 1. The summed E-state index contributed by atoms with van der Waals surface area (Å²) in [7, 11) is 0. The Kier molecular flexibility index (Phi) is 8.35. The highest BCUT2D eigenvalue weighted by Gasteiger charge is 2.26. The predicted octanol–water partition coefficient (Wildman–Crippen LogP) is 4.89. The quantitative estimate of drug-likeness (QED) is 0.214. The van der Waals surface area contributed by atoms with Crippen molar-refractivity contribution in [1.82, 2.24) is 20.1 Å². The third kappa shape index (κ3) is 6.17. The van der Waals surface area contributed by atoms with Gasteiger partial charge in [-0.05, 0) is 74.7 Å². The molecular formula is C31H39ClN4O4. The molecule has 8 nitrogen and oxygen atoms in total. The first kappa shape index (κ1) is 27.6. The minimum Gasteiger partial charge on any atom is -0.488 e. The number of aliphatic hydroxyl groups is 2. The van der Waals surface area contributed by atoms with Gasteiger partial charge in [-0.1, -0.05) is 24.6 Å². The number of ether oxygens (including phenoxy) is 1. The first-order valence-electron chi connectivity index (χ1n) is 14.4. The van der Waals surface area contributed by atoms with E-state index in [1.165, 1.54) is 0 Å². The number of aromatic nitrogens is 1. The third-order valence-electron chi connectivity index (χ3n) is 8.60. The van der Waals surface area contributed by atoms with E-state index < -0.39 is 6.23 Å². The number of piperidine rings is 2. The van der Waals surface area contributed by atoms with Gasteiger partial charge in [0.2, 0.25) is 0 Å². The summed E-state index contributed by atoms with van der Waals surface area (Å²) in [5.74, 6) is 1.10. The van der Waals surface area contributed by atoms with Crippen molar-refractivity contribution in [2.75, 3.05) is 39.3 Å². The maximum absolute atomic E-state index is 11.0. The first-order chi connectivity index (χ1) is 19.4. The molecule has 2 aliphatic heterocycles. The fourth-order valence-corrected chi connectivity index (χ4v) is 6.26. The molecule has 2 fully saturated rings. The highest BCUT2D eigenvalue weighted by molar-refractivity contribution is 6.31. The predicted molar refractivity (Wildman–Crippen MR) is 158 cm³/mol. The van der Waals surface area contributed by atoms with Gasteiger partial charge in [-0.2, -0.15) is 0 Å². The number of H-pyrrole nitrogens is 1. The van der Waals surface area contributed by atoms with Crippen LogP contribution in [0.1, 0.15) is 43.7 Å². The summed E-state index contributed by atoms with van der Waals surface area (Å²) >= 11 is 6.18. The van der Waals surface area contributed by atoms with E-state index in [9.17, 15) is 10.2 Å². The molecule has 0 aliphatic carbocycles. The van der Waals surface area contributed by atoms with Crippen LogP contribution in [0, 0.1) is 5.92 Å². The van der Waals surface area contributed by atoms with Crippen LogP contribution in [-0.4, -0.2) is 76.4 Å². The van der Waals surface area contributed by atoms with Crippen LogP contribution in [0.5, 0.6) is 5.75 Å². The Morgan fingerprint density at radius 2 is 1.88 bits per heavy atom. The van der Waals surface area contributed by atoms with E-state index in [1.54, 1.807) is 6.26 Å². The molecule has 4 N–H and O–H groups in total. The lowest BCUT2D eigenvalue weighted by Crippen LogP contribution is -2.48. The van der Waals surface area contributed by atoms with E-state index in [0.717, 1.165) is 97.4 Å². The Bertz CT molecular complexity index is 1430. The molecule has 0 radical (unpaired) electrons. The van der Waals surface area contributed by atoms with Crippen molar-refractivity contribution in [3.63, 3.8) is 0 Å². The summed E-state index contributed by atoms with van der Waals surface area (Å²) in [5.41, 5.74) is 3.36. The summed E-state index contributed by atoms with van der Waals surface area (Å²) in [6.07, 6.45) is 3.67. The van der Waals surface area contributed by atoms with Crippen molar-refractivity contribution in [3.8, 4) is 5.75 Å². The number of hydrogen-bond acceptors (Lipinski definition) is 7. The molecule has 1 unspecified atom stereocenters. The van der Waals surface area contributed by atoms with Crippen LogP contribution in [0.2, 0.25) is 5.02 Å². The van der Waals surface area contributed by atoms with Crippen LogP contribution in [-0.2, 0) is 6.61 Å². The number of nitrogens with one attached hydrogen (secondary N) is 2. The largest absolute Gasteiger partial charge is 0.488 e. The van der Waals surface area contributed by atoms with E-state index in [0.29, 0.717) is 17.5 Å². The second kappa shape index (κ2) is 12.1. The zero-order chi connectivity index (χ0) is 27.6. The maximum Gasteiger partial charge on any atom is 0.146 e. The molecule has 9 heteroatoms. The number of nitrogens with zero attached hydrogens (tertiary/aromatic N) is 2. The van der Waals surface area contributed by atoms with Crippen LogP contribution in [0.3, 0.4) is 0 Å². The summed E-state index contributed by atoms with van der Waals surface area (Å²) in [6.45, 7) is 8.63. The highest BCUT2D eigenvalue weighted by Crippen LogP contribution is 2.31. The number of rotatable bonds is 9. The molecule has 0 amide bonds. The van der Waals surface area contributed by atoms with E-state index >= 15 is 0 Å². The average Bonchev–Trinajstić information content (AvgIpc) is 3.58. The van der Waals surface area contributed by atoms with Gasteiger partial charge in [-0.3, -0.25) is 5.32 Å². The number of benzene rings is 2. The van der Waals surface area contributed by atoms with Crippen LogP contribution in [0.25, 0.3) is 21.9 Å². The van der Waals surface area contributed by atoms with Crippen LogP contribution >= 0.6 is 11.6 Å². The number of fused-ring (bicyclic) bond motifs is 2. The SMILES string of the molecule is C[C@H]1CN(CCN2CCC(NC(O)c3cc4c(OCc5coc6ccc(Cl)cc56)cccc4[nH]3)CC2)CC[C@@H]1O. The molecule has 2 aromatic carbocycles. The summed E-state index contributed by atoms with van der Waals surface area (Å²) < 4.78 is 11.8. The smallest absolute Gasteiger partial charge is 0.146 e. The topological polar surface area (TPSA) is 97.1 Å². The van der Waals surface area contributed by atoms with Crippen molar-refractivity contribution in [2.24, 2.45) is 5.92 Å². The molecular weight excluding hydrogens is 528 g/mol. The number of hydrogen-bond donors (Lipinski definition) is 4. The lowest BCUT2D eigenvalue weighted by Gasteiger charge is -2.37. The fourth-order valence-electron chi connectivity index (χ4n) is 6.09. The second-order valence-electron chi connectivity index (χ2n) is 11.5. The van der Waals surface area contributed by atoms with Crippen LogP contribution in [0.4, 0.5) is 0 Å². The molecule has 4 heterocycles. The van der Waals surface area contributed by atoms with E-state index in [1.807, 2.05) is 42.5 Å². The minimum absolute atomic E-state index is 0.149. The van der Waals surface area contributed by atoms with Gasteiger partial charge < -0.3 is 34.2 Å². The lowest BCUT2D eigenvalue weighted by molar-refractivity contribution is 0.0293. The zero-order valence-electron chi connectivity index (χ0n) is 23.0. The van der Waals surface area contributed by atoms with E-state index in [4.69, 9.17) is 20.8 Å². The van der Waals surface area contributed by atoms with Gasteiger partial charge in [0, 0.05) is 59.1 Å². The van der Waals surface area contributed by atoms with Gasteiger partial charge in [0.05, 0.1) is 18.1 Å². The normalized spacial score (nSPS) is 22.3. The van der Waals surface area contributed by atoms with E-state index in [-0.39, 0.29) is 12.1 Å². The second-order valence-corrected chi connectivity index (χ2v) is 11.9. The van der Waals surface area contributed by atoms with Gasteiger partial charge in [-0.15, -0.1) is 0 Å². The van der Waals surface area contributed by atoms with Crippen molar-refractivity contribution in [2.45, 2.75) is 51.2 Å². The van der Waals surface area contributed by atoms with Crippen molar-refractivity contribution in [3.05, 3.63) is 65.0 Å². The van der Waals surface area contributed by atoms with Crippen LogP contribution < -0.4 is 10.1 Å². The first-order valence-corrected chi connectivity index (χ1v) is 14.8. The summed E-state index contributed by atoms with van der Waals surface area (Å²) in [6, 6.07) is 13.7. The van der Waals surface area contributed by atoms with Gasteiger partial charge in [0.1, 0.15) is 24.2 Å². The molecule has 2 saturated heterocycles. The Labute approximate surface area is 239 Å². The highest BCUT2D eigenvalue weighted by atomic mass is 35.5. The molecule has 40 heavy (non-hydrogen) atoms. The standard InChI is InChI=1S/C31H39ClN4O4/c1-20-17-36(12-9-28(20)37)14-13-35-10-7-23(8-11-35)33-31(38)27-16-25-26(34-27)3-2-4-29(25)39-18-21-19-40-30-6-5-22(32)15-24(21)30/h2-6,15-16,19-20,23,28,31,33-34,37-38H,7-14,17-18H2,1H3/t20-,28-,31?/m0/s1. The molecule has 0 saturated carbocycles.